The number of hydrogen-bond acceptors (Lipinski definition) is 2. The highest BCUT2D eigenvalue weighted by atomic mass is 28.3. The van der Waals surface area contributed by atoms with Gasteiger partial charge < -0.3 is 10.1 Å². The van der Waals surface area contributed by atoms with Gasteiger partial charge >= 0.3 is 6.09 Å². The number of hydrogen-bond donors (Lipinski definition) is 1. The molecule has 1 rings (SSSR count). The molecule has 1 aliphatic rings. The van der Waals surface area contributed by atoms with Crippen molar-refractivity contribution in [3.63, 3.8) is 0 Å². The first-order chi connectivity index (χ1) is 6.98. The Morgan fingerprint density at radius 1 is 1.60 bits per heavy atom. The molecule has 1 fully saturated rings. The number of ether oxygens (including phenoxy) is 1. The van der Waals surface area contributed by atoms with Crippen LogP contribution in [0.1, 0.15) is 26.7 Å². The number of nitrogens with one attached hydrogen (secondary N) is 1. The molecule has 15 heavy (non-hydrogen) atoms. The van der Waals surface area contributed by atoms with Crippen molar-refractivity contribution in [3.8, 4) is 0 Å². The summed E-state index contributed by atoms with van der Waals surface area (Å²) in [5.41, 5.74) is 0.0119. The lowest BCUT2D eigenvalue weighted by Gasteiger charge is -2.14. The second kappa shape index (κ2) is 5.01. The first kappa shape index (κ1) is 12.6. The van der Waals surface area contributed by atoms with E-state index in [-0.39, 0.29) is 20.4 Å². The summed E-state index contributed by atoms with van der Waals surface area (Å²) < 4.78 is 5.14. The van der Waals surface area contributed by atoms with Gasteiger partial charge in [-0.1, -0.05) is 26.4 Å². The fourth-order valence-corrected chi connectivity index (χ4v) is 2.33. The van der Waals surface area contributed by atoms with E-state index < -0.39 is 0 Å². The smallest absolute Gasteiger partial charge is 0.407 e. The Balaban J connectivity index is 2.14. The molecule has 4 heteroatoms. The quantitative estimate of drug-likeness (QED) is 0.735. The molecule has 0 aliphatic heterocycles. The second-order valence-electron chi connectivity index (χ2n) is 4.94. The van der Waals surface area contributed by atoms with Crippen LogP contribution in [-0.2, 0) is 4.74 Å². The van der Waals surface area contributed by atoms with Crippen molar-refractivity contribution >= 4 is 14.9 Å². The summed E-state index contributed by atoms with van der Waals surface area (Å²) in [6.45, 7) is 9.27. The van der Waals surface area contributed by atoms with Gasteiger partial charge in [-0.25, -0.2) is 4.79 Å². The van der Waals surface area contributed by atoms with Crippen LogP contribution in [0.2, 0.25) is 19.1 Å². The fraction of sp³-hybridized carbons (Fsp3) is 0.909. The number of rotatable bonds is 5. The number of alkyl carbamates (subject to hydrolysis) is 1. The van der Waals surface area contributed by atoms with Crippen LogP contribution in [0.25, 0.3) is 0 Å². The average Bonchev–Trinajstić information content (AvgIpc) is 2.75. The van der Waals surface area contributed by atoms with Crippen LogP contribution < -0.4 is 5.32 Å². The molecule has 87 valence electrons. The van der Waals surface area contributed by atoms with Crippen LogP contribution in [0.3, 0.4) is 0 Å². The van der Waals surface area contributed by atoms with Gasteiger partial charge in [-0.2, -0.15) is 0 Å². The van der Waals surface area contributed by atoms with E-state index in [1.165, 1.54) is 0 Å². The monoisotopic (exact) mass is 228 g/mol. The van der Waals surface area contributed by atoms with Gasteiger partial charge in [0.1, 0.15) is 0 Å². The largest absolute Gasteiger partial charge is 0.450 e. The standard InChI is InChI=1S/C11H22NO2Si/c1-5-9-8-11(9,2)12-10(13)14-6-7-15(3)4/h9H,5-8H2,1-4H3,(H,12,13). The maximum absolute atomic E-state index is 11.4. The van der Waals surface area contributed by atoms with Crippen molar-refractivity contribution < 1.29 is 9.53 Å². The predicted molar refractivity (Wildman–Crippen MR) is 63.6 cm³/mol. The third-order valence-electron chi connectivity index (χ3n) is 3.13. The van der Waals surface area contributed by atoms with E-state index >= 15 is 0 Å². The lowest BCUT2D eigenvalue weighted by molar-refractivity contribution is 0.146. The molecule has 0 bridgehead atoms. The Bertz CT molecular complexity index is 233. The molecule has 1 amide bonds. The van der Waals surface area contributed by atoms with Crippen LogP contribution in [0.4, 0.5) is 4.79 Å². The molecule has 1 N–H and O–H groups in total. The van der Waals surface area contributed by atoms with Gasteiger partial charge in [-0.05, 0) is 25.3 Å². The highest BCUT2D eigenvalue weighted by Crippen LogP contribution is 2.45. The topological polar surface area (TPSA) is 38.3 Å². The lowest BCUT2D eigenvalue weighted by Crippen LogP contribution is -2.36. The van der Waals surface area contributed by atoms with Gasteiger partial charge in [0.15, 0.2) is 0 Å². The zero-order valence-electron chi connectivity index (χ0n) is 10.2. The SMILES string of the molecule is CCC1CC1(C)NC(=O)OCC[Si](C)C. The highest BCUT2D eigenvalue weighted by Gasteiger charge is 2.50. The third-order valence-corrected chi connectivity index (χ3v) is 4.33. The van der Waals surface area contributed by atoms with Crippen LogP contribution in [0, 0.1) is 5.92 Å². The number of carbonyl (C=O) groups excluding carboxylic acids is 1. The molecular formula is C11H22NO2Si. The minimum absolute atomic E-state index is 0.0119. The van der Waals surface area contributed by atoms with E-state index in [4.69, 9.17) is 4.74 Å². The maximum atomic E-state index is 11.4. The molecule has 1 aliphatic carbocycles. The molecule has 0 aromatic carbocycles. The Morgan fingerprint density at radius 3 is 2.73 bits per heavy atom. The van der Waals surface area contributed by atoms with E-state index in [1.807, 2.05) is 0 Å². The van der Waals surface area contributed by atoms with Crippen LogP contribution in [0.15, 0.2) is 0 Å². The van der Waals surface area contributed by atoms with Gasteiger partial charge in [0.2, 0.25) is 0 Å². The van der Waals surface area contributed by atoms with Crippen molar-refractivity contribution in [2.75, 3.05) is 6.61 Å². The van der Waals surface area contributed by atoms with Gasteiger partial charge in [-0.3, -0.25) is 0 Å². The highest BCUT2D eigenvalue weighted by molar-refractivity contribution is 6.55. The molecule has 1 radical (unpaired) electrons. The van der Waals surface area contributed by atoms with Gasteiger partial charge in [0, 0.05) is 14.3 Å². The molecule has 0 aromatic heterocycles. The van der Waals surface area contributed by atoms with E-state index in [0.717, 1.165) is 18.9 Å². The summed E-state index contributed by atoms with van der Waals surface area (Å²) >= 11 is 0. The molecule has 3 nitrogen and oxygen atoms in total. The summed E-state index contributed by atoms with van der Waals surface area (Å²) in [5, 5.41) is 2.96. The minimum Gasteiger partial charge on any atom is -0.450 e. The van der Waals surface area contributed by atoms with Gasteiger partial charge in [0.25, 0.3) is 0 Å². The summed E-state index contributed by atoms with van der Waals surface area (Å²) in [6, 6.07) is 1.03. The van der Waals surface area contributed by atoms with Crippen LogP contribution in [-0.4, -0.2) is 27.0 Å². The third kappa shape index (κ3) is 3.85. The van der Waals surface area contributed by atoms with E-state index in [9.17, 15) is 4.79 Å². The summed E-state index contributed by atoms with van der Waals surface area (Å²) in [7, 11) is -0.278. The van der Waals surface area contributed by atoms with E-state index in [1.54, 1.807) is 0 Å². The molecule has 2 unspecified atom stereocenters. The first-order valence-electron chi connectivity index (χ1n) is 5.72. The summed E-state index contributed by atoms with van der Waals surface area (Å²) in [5.74, 6) is 0.641. The number of amides is 1. The summed E-state index contributed by atoms with van der Waals surface area (Å²) in [6.07, 6.45) is 1.99. The molecule has 0 saturated heterocycles. The predicted octanol–water partition coefficient (Wildman–Crippen LogP) is 2.66. The summed E-state index contributed by atoms with van der Waals surface area (Å²) in [4.78, 5) is 11.4. The van der Waals surface area contributed by atoms with Crippen molar-refractivity contribution in [1.82, 2.24) is 5.32 Å². The van der Waals surface area contributed by atoms with Crippen LogP contribution in [0.5, 0.6) is 0 Å². The zero-order chi connectivity index (χ0) is 11.5. The Morgan fingerprint density at radius 2 is 2.27 bits per heavy atom. The maximum Gasteiger partial charge on any atom is 0.407 e. The van der Waals surface area contributed by atoms with Crippen molar-refractivity contribution in [1.29, 1.82) is 0 Å². The Kier molecular flexibility index (Phi) is 4.19. The number of carbonyl (C=O) groups is 1. The van der Waals surface area contributed by atoms with Crippen molar-refractivity contribution in [2.24, 2.45) is 5.92 Å². The van der Waals surface area contributed by atoms with Crippen LogP contribution >= 0.6 is 0 Å². The van der Waals surface area contributed by atoms with E-state index in [0.29, 0.717) is 12.5 Å². The molecule has 0 spiro atoms. The molecule has 0 aromatic rings. The van der Waals surface area contributed by atoms with Crippen molar-refractivity contribution in [2.45, 2.75) is 51.4 Å². The Hall–Kier alpha value is -0.513. The van der Waals surface area contributed by atoms with Crippen molar-refractivity contribution in [3.05, 3.63) is 0 Å². The molecule has 1 saturated carbocycles. The first-order valence-corrected chi connectivity index (χ1v) is 8.42. The molecule has 0 heterocycles. The fourth-order valence-electron chi connectivity index (χ4n) is 1.82. The van der Waals surface area contributed by atoms with Gasteiger partial charge in [-0.15, -0.1) is 0 Å². The zero-order valence-corrected chi connectivity index (χ0v) is 11.2. The van der Waals surface area contributed by atoms with Gasteiger partial charge in [0.05, 0.1) is 6.61 Å². The second-order valence-corrected chi connectivity index (χ2v) is 7.86. The minimum atomic E-state index is -0.278. The average molecular weight is 228 g/mol. The van der Waals surface area contributed by atoms with E-state index in [2.05, 4.69) is 32.3 Å². The normalized spacial score (nSPS) is 29.0. The Labute approximate surface area is 94.2 Å². The molecule has 2 atom stereocenters. The molecular weight excluding hydrogens is 206 g/mol. The lowest BCUT2D eigenvalue weighted by atomic mass is 10.2.